The van der Waals surface area contributed by atoms with E-state index in [9.17, 15) is 14.0 Å². The van der Waals surface area contributed by atoms with Gasteiger partial charge in [-0.25, -0.2) is 14.0 Å². The van der Waals surface area contributed by atoms with E-state index in [1.54, 1.807) is 41.6 Å². The Balaban J connectivity index is 1.80. The van der Waals surface area contributed by atoms with Crippen LogP contribution >= 0.6 is 15.9 Å². The molecule has 2 heterocycles. The molecule has 0 spiro atoms. The molecule has 0 radical (unpaired) electrons. The van der Waals surface area contributed by atoms with Gasteiger partial charge in [0.25, 0.3) is 0 Å². The minimum absolute atomic E-state index is 0.0841. The standard InChI is InChI=1S/C23H19BrFNO6/c1-29-22(27)16-10-26(9-13-3-5-14(25)6-4-13)11-17(23(28)30-2)21(16)15-7-19-20(8-18(15)24)32-12-31-19/h3-8,10-11,21H,9,12H2,1-2H3. The number of esters is 2. The molecule has 0 unspecified atom stereocenters. The number of benzene rings is 2. The van der Waals surface area contributed by atoms with Gasteiger partial charge in [-0.05, 0) is 35.4 Å². The maximum Gasteiger partial charge on any atom is 0.336 e. The van der Waals surface area contributed by atoms with Crippen molar-refractivity contribution in [1.82, 2.24) is 4.90 Å². The van der Waals surface area contributed by atoms with Crippen LogP contribution < -0.4 is 9.47 Å². The van der Waals surface area contributed by atoms with Crippen LogP contribution in [-0.4, -0.2) is 37.9 Å². The Hall–Kier alpha value is -3.33. The van der Waals surface area contributed by atoms with Gasteiger partial charge in [-0.2, -0.15) is 0 Å². The fourth-order valence-electron chi connectivity index (χ4n) is 3.67. The molecule has 0 atom stereocenters. The molecule has 2 aliphatic rings. The fourth-order valence-corrected chi connectivity index (χ4v) is 4.22. The zero-order chi connectivity index (χ0) is 22.8. The molecule has 2 aromatic carbocycles. The number of hydrogen-bond donors (Lipinski definition) is 0. The first-order valence-electron chi connectivity index (χ1n) is 9.60. The quantitative estimate of drug-likeness (QED) is 0.570. The summed E-state index contributed by atoms with van der Waals surface area (Å²) in [6.07, 6.45) is 3.23. The molecule has 4 rings (SSSR count). The normalized spacial score (nSPS) is 15.2. The van der Waals surface area contributed by atoms with E-state index < -0.39 is 17.9 Å². The summed E-state index contributed by atoms with van der Waals surface area (Å²) in [5, 5.41) is 0. The van der Waals surface area contributed by atoms with Gasteiger partial charge in [0, 0.05) is 23.4 Å². The summed E-state index contributed by atoms with van der Waals surface area (Å²) < 4.78 is 34.8. The number of carbonyl (C=O) groups is 2. The van der Waals surface area contributed by atoms with Crippen molar-refractivity contribution in [1.29, 1.82) is 0 Å². The van der Waals surface area contributed by atoms with Crippen LogP contribution in [0.3, 0.4) is 0 Å². The number of rotatable bonds is 5. The van der Waals surface area contributed by atoms with Crippen LogP contribution in [0.1, 0.15) is 17.0 Å². The molecule has 9 heteroatoms. The molecule has 7 nitrogen and oxygen atoms in total. The van der Waals surface area contributed by atoms with Crippen LogP contribution in [-0.2, 0) is 25.6 Å². The lowest BCUT2D eigenvalue weighted by Crippen LogP contribution is -2.28. The molecule has 32 heavy (non-hydrogen) atoms. The van der Waals surface area contributed by atoms with Gasteiger partial charge < -0.3 is 23.8 Å². The van der Waals surface area contributed by atoms with E-state index in [-0.39, 0.29) is 23.8 Å². The second-order valence-electron chi connectivity index (χ2n) is 7.11. The van der Waals surface area contributed by atoms with Crippen molar-refractivity contribution < 1.29 is 32.9 Å². The fraction of sp³-hybridized carbons (Fsp3) is 0.217. The lowest BCUT2D eigenvalue weighted by molar-refractivity contribution is -0.137. The van der Waals surface area contributed by atoms with E-state index in [0.29, 0.717) is 28.1 Å². The minimum atomic E-state index is -0.775. The molecule has 0 amide bonds. The van der Waals surface area contributed by atoms with Crippen molar-refractivity contribution >= 4 is 27.9 Å². The highest BCUT2D eigenvalue weighted by atomic mass is 79.9. The number of fused-ring (bicyclic) bond motifs is 1. The van der Waals surface area contributed by atoms with Crippen molar-refractivity contribution in [2.75, 3.05) is 21.0 Å². The number of hydrogen-bond acceptors (Lipinski definition) is 7. The zero-order valence-corrected chi connectivity index (χ0v) is 18.8. The van der Waals surface area contributed by atoms with Gasteiger partial charge in [-0.1, -0.05) is 28.1 Å². The van der Waals surface area contributed by atoms with Crippen LogP contribution in [0.25, 0.3) is 0 Å². The first-order valence-corrected chi connectivity index (χ1v) is 10.4. The predicted octanol–water partition coefficient (Wildman–Crippen LogP) is 4.03. The Morgan fingerprint density at radius 2 is 1.59 bits per heavy atom. The van der Waals surface area contributed by atoms with Crippen LogP contribution in [0.5, 0.6) is 11.5 Å². The minimum Gasteiger partial charge on any atom is -0.466 e. The Labute approximate surface area is 192 Å². The second-order valence-corrected chi connectivity index (χ2v) is 7.97. The molecule has 2 aliphatic heterocycles. The van der Waals surface area contributed by atoms with Crippen molar-refractivity contribution in [2.24, 2.45) is 0 Å². The Morgan fingerprint density at radius 3 is 2.16 bits per heavy atom. The Kier molecular flexibility index (Phi) is 6.18. The molecule has 0 fully saturated rings. The van der Waals surface area contributed by atoms with Gasteiger partial charge in [0.15, 0.2) is 11.5 Å². The van der Waals surface area contributed by atoms with E-state index in [0.717, 1.165) is 5.56 Å². The largest absolute Gasteiger partial charge is 0.466 e. The highest BCUT2D eigenvalue weighted by Gasteiger charge is 2.37. The molecule has 0 saturated carbocycles. The smallest absolute Gasteiger partial charge is 0.336 e. The number of nitrogens with zero attached hydrogens (tertiary/aromatic N) is 1. The van der Waals surface area contributed by atoms with Gasteiger partial charge in [-0.3, -0.25) is 0 Å². The third kappa shape index (κ3) is 4.20. The predicted molar refractivity (Wildman–Crippen MR) is 115 cm³/mol. The lowest BCUT2D eigenvalue weighted by Gasteiger charge is -2.30. The molecule has 166 valence electrons. The topological polar surface area (TPSA) is 74.3 Å². The molecule has 0 saturated heterocycles. The van der Waals surface area contributed by atoms with Crippen LogP contribution in [0.2, 0.25) is 0 Å². The van der Waals surface area contributed by atoms with Crippen LogP contribution in [0, 0.1) is 5.82 Å². The monoisotopic (exact) mass is 503 g/mol. The molecular formula is C23H19BrFNO6. The average molecular weight is 504 g/mol. The lowest BCUT2D eigenvalue weighted by atomic mass is 9.83. The van der Waals surface area contributed by atoms with E-state index in [1.807, 2.05) is 0 Å². The van der Waals surface area contributed by atoms with Crippen molar-refractivity contribution in [3.05, 3.63) is 81.4 Å². The Bertz CT molecular complexity index is 1090. The molecule has 0 aromatic heterocycles. The maximum atomic E-state index is 13.3. The van der Waals surface area contributed by atoms with Crippen molar-refractivity contribution in [3.63, 3.8) is 0 Å². The SMILES string of the molecule is COC(=O)C1=CN(Cc2ccc(F)cc2)C=C(C(=O)OC)C1c1cc2c(cc1Br)OCO2. The number of ether oxygens (including phenoxy) is 4. The van der Waals surface area contributed by atoms with Crippen molar-refractivity contribution in [3.8, 4) is 11.5 Å². The third-order valence-corrected chi connectivity index (χ3v) is 5.84. The summed E-state index contributed by atoms with van der Waals surface area (Å²) in [5.41, 5.74) is 1.87. The Morgan fingerprint density at radius 1 is 1.03 bits per heavy atom. The number of methoxy groups -OCH3 is 2. The summed E-state index contributed by atoms with van der Waals surface area (Å²) in [6, 6.07) is 9.41. The number of halogens is 2. The molecule has 0 bridgehead atoms. The van der Waals surface area contributed by atoms with Gasteiger partial charge in [-0.15, -0.1) is 0 Å². The average Bonchev–Trinajstić information content (AvgIpc) is 3.25. The van der Waals surface area contributed by atoms with Gasteiger partial charge >= 0.3 is 11.9 Å². The van der Waals surface area contributed by atoms with E-state index in [4.69, 9.17) is 18.9 Å². The molecule has 2 aromatic rings. The van der Waals surface area contributed by atoms with E-state index in [1.165, 1.54) is 26.4 Å². The van der Waals surface area contributed by atoms with Gasteiger partial charge in [0.2, 0.25) is 6.79 Å². The molecular weight excluding hydrogens is 485 g/mol. The third-order valence-electron chi connectivity index (χ3n) is 5.16. The molecule has 0 N–H and O–H groups in total. The highest BCUT2D eigenvalue weighted by Crippen LogP contribution is 2.45. The summed E-state index contributed by atoms with van der Waals surface area (Å²) in [7, 11) is 2.55. The zero-order valence-electron chi connectivity index (χ0n) is 17.3. The van der Waals surface area contributed by atoms with E-state index in [2.05, 4.69) is 15.9 Å². The summed E-state index contributed by atoms with van der Waals surface area (Å²) >= 11 is 3.51. The molecule has 0 aliphatic carbocycles. The van der Waals surface area contributed by atoms with Crippen molar-refractivity contribution in [2.45, 2.75) is 12.5 Å². The first-order chi connectivity index (χ1) is 15.4. The van der Waals surface area contributed by atoms with Gasteiger partial charge in [0.1, 0.15) is 5.82 Å². The van der Waals surface area contributed by atoms with Gasteiger partial charge in [0.05, 0.1) is 31.3 Å². The number of carbonyl (C=O) groups excluding carboxylic acids is 2. The summed E-state index contributed by atoms with van der Waals surface area (Å²) in [5.74, 6) is -1.26. The van der Waals surface area contributed by atoms with Crippen LogP contribution in [0.4, 0.5) is 4.39 Å². The van der Waals surface area contributed by atoms with E-state index >= 15 is 0 Å². The second kappa shape index (κ2) is 9.04. The maximum absolute atomic E-state index is 13.3. The first kappa shape index (κ1) is 21.9. The summed E-state index contributed by atoms with van der Waals surface area (Å²) in [4.78, 5) is 27.2. The van der Waals surface area contributed by atoms with Crippen LogP contribution in [0.15, 0.2) is 64.4 Å². The highest BCUT2D eigenvalue weighted by molar-refractivity contribution is 9.10. The summed E-state index contributed by atoms with van der Waals surface area (Å²) in [6.45, 7) is 0.386.